The van der Waals surface area contributed by atoms with Gasteiger partial charge in [-0.15, -0.1) is 0 Å². The molecule has 1 fully saturated rings. The minimum Gasteiger partial charge on any atom is -0.493 e. The van der Waals surface area contributed by atoms with Crippen molar-refractivity contribution in [3.8, 4) is 11.5 Å². The first-order chi connectivity index (χ1) is 14.1. The Hall–Kier alpha value is -2.86. The van der Waals surface area contributed by atoms with Crippen molar-refractivity contribution in [2.45, 2.75) is 31.8 Å². The fourth-order valence-electron chi connectivity index (χ4n) is 4.24. The quantitative estimate of drug-likeness (QED) is 0.705. The van der Waals surface area contributed by atoms with E-state index in [9.17, 15) is 9.59 Å². The summed E-state index contributed by atoms with van der Waals surface area (Å²) in [7, 11) is 3.25. The summed E-state index contributed by atoms with van der Waals surface area (Å²) in [5.41, 5.74) is 3.46. The van der Waals surface area contributed by atoms with E-state index in [1.807, 2.05) is 42.5 Å². The van der Waals surface area contributed by atoms with E-state index >= 15 is 0 Å². The van der Waals surface area contributed by atoms with Crippen molar-refractivity contribution < 1.29 is 19.1 Å². The molecule has 4 rings (SSSR count). The topological polar surface area (TPSA) is 59.1 Å². The Kier molecular flexibility index (Phi) is 5.53. The zero-order chi connectivity index (χ0) is 20.4. The standard InChI is InChI=1S/C23H26N2O4/c1-28-20-12-17-9-10-24(15-18(17)13-21(20)29-2)19-14-22(26)25(23(19)27)11-8-16-6-4-3-5-7-16/h3-7,12-13,19H,8-11,14-15H2,1-2H3/t19-/m1/s1. The second-order valence-electron chi connectivity index (χ2n) is 7.54. The summed E-state index contributed by atoms with van der Waals surface area (Å²) in [6.45, 7) is 1.82. The van der Waals surface area contributed by atoms with Crippen molar-refractivity contribution >= 4 is 11.8 Å². The molecule has 152 valence electrons. The number of imide groups is 1. The molecule has 0 radical (unpaired) electrons. The first-order valence-corrected chi connectivity index (χ1v) is 9.96. The number of hydrogen-bond donors (Lipinski definition) is 0. The molecule has 0 unspecified atom stereocenters. The van der Waals surface area contributed by atoms with Gasteiger partial charge in [0.1, 0.15) is 0 Å². The highest BCUT2D eigenvalue weighted by Crippen LogP contribution is 2.34. The van der Waals surface area contributed by atoms with Gasteiger partial charge in [-0.25, -0.2) is 0 Å². The monoisotopic (exact) mass is 394 g/mol. The maximum absolute atomic E-state index is 13.0. The summed E-state index contributed by atoms with van der Waals surface area (Å²) >= 11 is 0. The second-order valence-corrected chi connectivity index (χ2v) is 7.54. The second kappa shape index (κ2) is 8.25. The van der Waals surface area contributed by atoms with Gasteiger partial charge < -0.3 is 9.47 Å². The molecular weight excluding hydrogens is 368 g/mol. The third-order valence-electron chi connectivity index (χ3n) is 5.88. The van der Waals surface area contributed by atoms with Crippen molar-refractivity contribution in [2.75, 3.05) is 27.3 Å². The largest absolute Gasteiger partial charge is 0.493 e. The van der Waals surface area contributed by atoms with Gasteiger partial charge in [-0.1, -0.05) is 30.3 Å². The van der Waals surface area contributed by atoms with Crippen molar-refractivity contribution in [3.05, 3.63) is 59.2 Å². The zero-order valence-corrected chi connectivity index (χ0v) is 16.9. The molecule has 0 aliphatic carbocycles. The van der Waals surface area contributed by atoms with E-state index in [1.165, 1.54) is 10.5 Å². The Morgan fingerprint density at radius 3 is 2.38 bits per heavy atom. The predicted molar refractivity (Wildman–Crippen MR) is 109 cm³/mol. The number of benzene rings is 2. The number of amides is 2. The van der Waals surface area contributed by atoms with Crippen molar-refractivity contribution in [1.29, 1.82) is 0 Å². The summed E-state index contributed by atoms with van der Waals surface area (Å²) in [5.74, 6) is 1.26. The van der Waals surface area contributed by atoms with Gasteiger partial charge in [0.25, 0.3) is 0 Å². The normalized spacial score (nSPS) is 19.4. The average molecular weight is 394 g/mol. The number of hydrogen-bond acceptors (Lipinski definition) is 5. The summed E-state index contributed by atoms with van der Waals surface area (Å²) in [6.07, 6.45) is 1.76. The van der Waals surface area contributed by atoms with E-state index in [2.05, 4.69) is 4.90 Å². The smallest absolute Gasteiger partial charge is 0.247 e. The van der Waals surface area contributed by atoms with Crippen LogP contribution < -0.4 is 9.47 Å². The Labute approximate surface area is 171 Å². The highest BCUT2D eigenvalue weighted by molar-refractivity contribution is 6.05. The lowest BCUT2D eigenvalue weighted by Crippen LogP contribution is -2.44. The molecule has 2 aliphatic rings. The van der Waals surface area contributed by atoms with Gasteiger partial charge in [0.05, 0.1) is 26.7 Å². The van der Waals surface area contributed by atoms with Crippen LogP contribution in [-0.2, 0) is 29.0 Å². The van der Waals surface area contributed by atoms with Crippen LogP contribution in [0.3, 0.4) is 0 Å². The molecule has 6 heteroatoms. The van der Waals surface area contributed by atoms with Crippen LogP contribution in [0.1, 0.15) is 23.1 Å². The third kappa shape index (κ3) is 3.85. The molecule has 2 aromatic carbocycles. The van der Waals surface area contributed by atoms with Gasteiger partial charge in [-0.3, -0.25) is 19.4 Å². The summed E-state index contributed by atoms with van der Waals surface area (Å²) in [6, 6.07) is 13.6. The van der Waals surface area contributed by atoms with Crippen LogP contribution in [0, 0.1) is 0 Å². The molecule has 0 spiro atoms. The van der Waals surface area contributed by atoms with Crippen molar-refractivity contribution in [3.63, 3.8) is 0 Å². The van der Waals surface area contributed by atoms with E-state index in [4.69, 9.17) is 9.47 Å². The summed E-state index contributed by atoms with van der Waals surface area (Å²) < 4.78 is 10.8. The summed E-state index contributed by atoms with van der Waals surface area (Å²) in [4.78, 5) is 29.1. The van der Waals surface area contributed by atoms with Gasteiger partial charge in [0, 0.05) is 19.6 Å². The number of nitrogens with zero attached hydrogens (tertiary/aromatic N) is 2. The van der Waals surface area contributed by atoms with Gasteiger partial charge in [0.2, 0.25) is 11.8 Å². The number of ether oxygens (including phenoxy) is 2. The van der Waals surface area contributed by atoms with Crippen LogP contribution in [-0.4, -0.2) is 55.0 Å². The average Bonchev–Trinajstić information content (AvgIpc) is 3.04. The molecule has 2 heterocycles. The van der Waals surface area contributed by atoms with E-state index in [0.717, 1.165) is 29.8 Å². The van der Waals surface area contributed by atoms with E-state index in [-0.39, 0.29) is 24.3 Å². The molecule has 6 nitrogen and oxygen atoms in total. The lowest BCUT2D eigenvalue weighted by Gasteiger charge is -2.32. The Morgan fingerprint density at radius 2 is 1.69 bits per heavy atom. The molecule has 1 atom stereocenters. The number of carbonyl (C=O) groups is 2. The molecule has 1 saturated heterocycles. The maximum atomic E-state index is 13.0. The highest BCUT2D eigenvalue weighted by Gasteiger charge is 2.42. The van der Waals surface area contributed by atoms with E-state index in [0.29, 0.717) is 25.3 Å². The number of fused-ring (bicyclic) bond motifs is 1. The van der Waals surface area contributed by atoms with Gasteiger partial charge in [-0.2, -0.15) is 0 Å². The Balaban J connectivity index is 1.45. The Bertz CT molecular complexity index is 913. The fourth-order valence-corrected chi connectivity index (χ4v) is 4.24. The Morgan fingerprint density at radius 1 is 1.00 bits per heavy atom. The molecule has 29 heavy (non-hydrogen) atoms. The minimum absolute atomic E-state index is 0.0742. The molecule has 2 amide bonds. The lowest BCUT2D eigenvalue weighted by molar-refractivity contribution is -0.139. The maximum Gasteiger partial charge on any atom is 0.247 e. The van der Waals surface area contributed by atoms with Gasteiger partial charge >= 0.3 is 0 Å². The highest BCUT2D eigenvalue weighted by atomic mass is 16.5. The van der Waals surface area contributed by atoms with Crippen LogP contribution in [0.15, 0.2) is 42.5 Å². The first-order valence-electron chi connectivity index (χ1n) is 9.96. The van der Waals surface area contributed by atoms with Crippen LogP contribution in [0.2, 0.25) is 0 Å². The fraction of sp³-hybridized carbons (Fsp3) is 0.391. The number of methoxy groups -OCH3 is 2. The van der Waals surface area contributed by atoms with E-state index in [1.54, 1.807) is 14.2 Å². The van der Waals surface area contributed by atoms with Crippen LogP contribution >= 0.6 is 0 Å². The minimum atomic E-state index is -0.375. The summed E-state index contributed by atoms with van der Waals surface area (Å²) in [5, 5.41) is 0. The third-order valence-corrected chi connectivity index (χ3v) is 5.88. The SMILES string of the molecule is COc1cc2c(cc1OC)CN([C@@H]1CC(=O)N(CCc3ccccc3)C1=O)CC2. The lowest BCUT2D eigenvalue weighted by atomic mass is 9.97. The van der Waals surface area contributed by atoms with Crippen molar-refractivity contribution in [2.24, 2.45) is 0 Å². The molecule has 2 aromatic rings. The molecular formula is C23H26N2O4. The molecule has 0 saturated carbocycles. The number of rotatable bonds is 6. The number of carbonyl (C=O) groups excluding carboxylic acids is 2. The van der Waals surface area contributed by atoms with E-state index < -0.39 is 0 Å². The van der Waals surface area contributed by atoms with Crippen LogP contribution in [0.5, 0.6) is 11.5 Å². The molecule has 0 bridgehead atoms. The molecule has 2 aliphatic heterocycles. The zero-order valence-electron chi connectivity index (χ0n) is 16.9. The van der Waals surface area contributed by atoms with Crippen LogP contribution in [0.25, 0.3) is 0 Å². The van der Waals surface area contributed by atoms with Crippen molar-refractivity contribution in [1.82, 2.24) is 9.80 Å². The predicted octanol–water partition coefficient (Wildman–Crippen LogP) is 2.43. The van der Waals surface area contributed by atoms with Gasteiger partial charge in [-0.05, 0) is 41.7 Å². The van der Waals surface area contributed by atoms with Gasteiger partial charge in [0.15, 0.2) is 11.5 Å². The number of likely N-dealkylation sites (tertiary alicyclic amines) is 1. The van der Waals surface area contributed by atoms with Crippen LogP contribution in [0.4, 0.5) is 0 Å². The molecule has 0 aromatic heterocycles. The first kappa shape index (κ1) is 19.5. The molecule has 0 N–H and O–H groups in total.